The van der Waals surface area contributed by atoms with Crippen LogP contribution in [0.5, 0.6) is 0 Å². The van der Waals surface area contributed by atoms with Gasteiger partial charge in [0.15, 0.2) is 0 Å². The first kappa shape index (κ1) is 21.8. The lowest BCUT2D eigenvalue weighted by Gasteiger charge is -2.35. The fraction of sp³-hybridized carbons (Fsp3) is 0.480. The summed E-state index contributed by atoms with van der Waals surface area (Å²) in [5, 5.41) is 16.3. The molecule has 6 heteroatoms. The largest absolute Gasteiger partial charge is 0.390 e. The van der Waals surface area contributed by atoms with Crippen LogP contribution in [-0.4, -0.2) is 77.3 Å². The predicted molar refractivity (Wildman–Crippen MR) is 126 cm³/mol. The van der Waals surface area contributed by atoms with Gasteiger partial charge in [0.1, 0.15) is 0 Å². The average Bonchev–Trinajstić information content (AvgIpc) is 3.08. The summed E-state index contributed by atoms with van der Waals surface area (Å²) in [5.74, 6) is 0.574. The molecule has 0 bridgehead atoms. The van der Waals surface area contributed by atoms with Crippen molar-refractivity contribution >= 4 is 27.7 Å². The zero-order valence-corrected chi connectivity index (χ0v) is 18.6. The molecule has 1 fully saturated rings. The predicted octanol–water partition coefficient (Wildman–Crippen LogP) is 2.55. The number of fused-ring (bicyclic) bond motifs is 3. The number of aliphatic hydroxyl groups is 1. The lowest BCUT2D eigenvalue weighted by molar-refractivity contribution is -0.122. The molecule has 0 aliphatic carbocycles. The summed E-state index contributed by atoms with van der Waals surface area (Å²) in [6.07, 6.45) is -0.444. The molecular weight excluding hydrogens is 388 g/mol. The van der Waals surface area contributed by atoms with Crippen LogP contribution in [0, 0.1) is 5.92 Å². The van der Waals surface area contributed by atoms with E-state index >= 15 is 0 Å². The van der Waals surface area contributed by atoms with E-state index in [1.165, 1.54) is 21.8 Å². The number of carbonyl (C=O) groups excluding carboxylic acids is 1. The lowest BCUT2D eigenvalue weighted by Crippen LogP contribution is -2.51. The zero-order chi connectivity index (χ0) is 21.8. The molecule has 4 rings (SSSR count). The normalized spacial score (nSPS) is 16.9. The van der Waals surface area contributed by atoms with E-state index in [4.69, 9.17) is 0 Å². The maximum absolute atomic E-state index is 12.1. The highest BCUT2D eigenvalue weighted by atomic mass is 16.3. The van der Waals surface area contributed by atoms with E-state index < -0.39 is 6.10 Å². The van der Waals surface area contributed by atoms with Crippen LogP contribution in [0.2, 0.25) is 0 Å². The van der Waals surface area contributed by atoms with Crippen LogP contribution >= 0.6 is 0 Å². The Labute approximate surface area is 184 Å². The highest BCUT2D eigenvalue weighted by Crippen LogP contribution is 2.28. The Hall–Kier alpha value is -2.41. The van der Waals surface area contributed by atoms with Crippen molar-refractivity contribution in [2.24, 2.45) is 5.92 Å². The van der Waals surface area contributed by atoms with E-state index in [9.17, 15) is 9.90 Å². The minimum atomic E-state index is -0.444. The van der Waals surface area contributed by atoms with E-state index in [1.54, 1.807) is 0 Å². The Kier molecular flexibility index (Phi) is 6.90. The van der Waals surface area contributed by atoms with E-state index in [-0.39, 0.29) is 5.91 Å². The quantitative estimate of drug-likeness (QED) is 0.586. The third kappa shape index (κ3) is 5.26. The second-order valence-corrected chi connectivity index (χ2v) is 9.07. The number of hydrogen-bond acceptors (Lipinski definition) is 4. The van der Waals surface area contributed by atoms with Gasteiger partial charge in [-0.25, -0.2) is 0 Å². The first-order chi connectivity index (χ1) is 15.0. The molecule has 2 heterocycles. The summed E-state index contributed by atoms with van der Waals surface area (Å²) in [4.78, 5) is 16.6. The van der Waals surface area contributed by atoms with Gasteiger partial charge in [0.25, 0.3) is 0 Å². The fourth-order valence-electron chi connectivity index (χ4n) is 4.47. The third-order valence-electron chi connectivity index (χ3n) is 6.08. The highest BCUT2D eigenvalue weighted by molar-refractivity contribution is 6.07. The number of hydrogen-bond donors (Lipinski definition) is 2. The smallest absolute Gasteiger partial charge is 0.234 e. The summed E-state index contributed by atoms with van der Waals surface area (Å²) in [5.41, 5.74) is 2.33. The number of rotatable bonds is 8. The van der Waals surface area contributed by atoms with Crippen LogP contribution in [0.1, 0.15) is 13.8 Å². The molecule has 6 nitrogen and oxygen atoms in total. The van der Waals surface area contributed by atoms with Crippen molar-refractivity contribution in [3.05, 3.63) is 48.5 Å². The molecule has 1 aliphatic rings. The Bertz CT molecular complexity index is 967. The number of aliphatic hydroxyl groups excluding tert-OH is 1. The number of aromatic nitrogens is 1. The molecule has 2 N–H and O–H groups in total. The van der Waals surface area contributed by atoms with Gasteiger partial charge in [-0.15, -0.1) is 0 Å². The third-order valence-corrected chi connectivity index (χ3v) is 6.08. The second-order valence-electron chi connectivity index (χ2n) is 9.07. The molecule has 1 amide bonds. The number of piperazine rings is 1. The summed E-state index contributed by atoms with van der Waals surface area (Å²) in [6, 6.07) is 16.8. The number of β-amino-alcohol motifs (C(OH)–C–C–N with tert-alkyl or cyclic N) is 1. The highest BCUT2D eigenvalue weighted by Gasteiger charge is 2.22. The summed E-state index contributed by atoms with van der Waals surface area (Å²) < 4.78 is 2.24. The molecule has 0 unspecified atom stereocenters. The number of carbonyl (C=O) groups is 1. The van der Waals surface area contributed by atoms with Gasteiger partial charge in [-0.3, -0.25) is 14.6 Å². The second kappa shape index (κ2) is 9.81. The van der Waals surface area contributed by atoms with Gasteiger partial charge >= 0.3 is 0 Å². The Morgan fingerprint density at radius 2 is 1.45 bits per heavy atom. The van der Waals surface area contributed by atoms with Crippen LogP contribution < -0.4 is 5.32 Å². The van der Waals surface area contributed by atoms with Crippen molar-refractivity contribution in [3.63, 3.8) is 0 Å². The van der Waals surface area contributed by atoms with Crippen molar-refractivity contribution in [1.29, 1.82) is 0 Å². The lowest BCUT2D eigenvalue weighted by atomic mass is 10.2. The average molecular weight is 423 g/mol. The summed E-state index contributed by atoms with van der Waals surface area (Å²) >= 11 is 0. The number of benzene rings is 2. The van der Waals surface area contributed by atoms with Crippen LogP contribution in [0.15, 0.2) is 48.5 Å². The first-order valence-corrected chi connectivity index (χ1v) is 11.4. The van der Waals surface area contributed by atoms with E-state index in [0.717, 1.165) is 32.7 Å². The van der Waals surface area contributed by atoms with Crippen molar-refractivity contribution in [2.75, 3.05) is 45.8 Å². The SMILES string of the molecule is CC(C)CNC(=O)CN1CCN(C[C@H](O)Cn2c3ccccc3c3ccccc32)CC1. The first-order valence-electron chi connectivity index (χ1n) is 11.4. The van der Waals surface area contributed by atoms with E-state index in [2.05, 4.69) is 82.1 Å². The fourth-order valence-corrected chi connectivity index (χ4v) is 4.47. The Morgan fingerprint density at radius 1 is 0.903 bits per heavy atom. The summed E-state index contributed by atoms with van der Waals surface area (Å²) in [7, 11) is 0. The van der Waals surface area contributed by atoms with Crippen LogP contribution in [0.25, 0.3) is 21.8 Å². The Morgan fingerprint density at radius 3 is 2.03 bits per heavy atom. The van der Waals surface area contributed by atoms with Crippen LogP contribution in [-0.2, 0) is 11.3 Å². The number of nitrogens with zero attached hydrogens (tertiary/aromatic N) is 3. The minimum absolute atomic E-state index is 0.105. The van der Waals surface area contributed by atoms with Crippen molar-refractivity contribution in [3.8, 4) is 0 Å². The number of amides is 1. The maximum Gasteiger partial charge on any atom is 0.234 e. The molecular formula is C25H34N4O2. The van der Waals surface area contributed by atoms with Gasteiger partial charge in [-0.1, -0.05) is 50.2 Å². The maximum atomic E-state index is 12.1. The van der Waals surface area contributed by atoms with Gasteiger partial charge < -0.3 is 15.0 Å². The molecule has 0 radical (unpaired) electrons. The van der Waals surface area contributed by atoms with Gasteiger partial charge in [0.2, 0.25) is 5.91 Å². The Balaban J connectivity index is 1.32. The molecule has 1 atom stereocenters. The number of para-hydroxylation sites is 2. The van der Waals surface area contributed by atoms with Gasteiger partial charge in [-0.05, 0) is 18.1 Å². The van der Waals surface area contributed by atoms with Crippen molar-refractivity contribution in [1.82, 2.24) is 19.7 Å². The van der Waals surface area contributed by atoms with E-state index in [1.807, 2.05) is 0 Å². The molecule has 31 heavy (non-hydrogen) atoms. The molecule has 0 saturated carbocycles. The molecule has 1 aromatic heterocycles. The monoisotopic (exact) mass is 422 g/mol. The van der Waals surface area contributed by atoms with Gasteiger partial charge in [0.05, 0.1) is 19.2 Å². The molecule has 0 spiro atoms. The zero-order valence-electron chi connectivity index (χ0n) is 18.6. The summed E-state index contributed by atoms with van der Waals surface area (Å²) in [6.45, 7) is 10.1. The molecule has 3 aromatic rings. The minimum Gasteiger partial charge on any atom is -0.390 e. The molecule has 1 saturated heterocycles. The van der Waals surface area contributed by atoms with E-state index in [0.29, 0.717) is 25.6 Å². The number of nitrogens with one attached hydrogen (secondary N) is 1. The molecule has 166 valence electrons. The standard InChI is InChI=1S/C25H34N4O2/c1-19(2)15-26-25(31)18-28-13-11-27(12-14-28)16-20(30)17-29-23-9-5-3-7-21(23)22-8-4-6-10-24(22)29/h3-10,19-20,30H,11-18H2,1-2H3,(H,26,31)/t20-/m0/s1. The van der Waals surface area contributed by atoms with Crippen LogP contribution in [0.4, 0.5) is 0 Å². The van der Waals surface area contributed by atoms with Gasteiger partial charge in [0, 0.05) is 61.1 Å². The molecule has 1 aliphatic heterocycles. The molecule has 2 aromatic carbocycles. The van der Waals surface area contributed by atoms with Gasteiger partial charge in [-0.2, -0.15) is 0 Å². The van der Waals surface area contributed by atoms with Crippen LogP contribution in [0.3, 0.4) is 0 Å². The van der Waals surface area contributed by atoms with Crippen molar-refractivity contribution < 1.29 is 9.90 Å². The topological polar surface area (TPSA) is 60.7 Å². The van der Waals surface area contributed by atoms with Crippen molar-refractivity contribution in [2.45, 2.75) is 26.5 Å².